The van der Waals surface area contributed by atoms with E-state index in [2.05, 4.69) is 56.0 Å². The van der Waals surface area contributed by atoms with Crippen LogP contribution in [0.1, 0.15) is 30.9 Å². The van der Waals surface area contributed by atoms with Crippen molar-refractivity contribution in [1.29, 1.82) is 0 Å². The second kappa shape index (κ2) is 4.45. The molecule has 0 radical (unpaired) electrons. The van der Waals surface area contributed by atoms with E-state index >= 15 is 0 Å². The molecule has 0 atom stereocenters. The molecule has 0 aromatic heterocycles. The van der Waals surface area contributed by atoms with Crippen LogP contribution in [-0.2, 0) is 6.42 Å². The number of hydrogen-bond donors (Lipinski definition) is 0. The van der Waals surface area contributed by atoms with Crippen molar-refractivity contribution in [3.8, 4) is 0 Å². The summed E-state index contributed by atoms with van der Waals surface area (Å²) >= 11 is 0. The predicted molar refractivity (Wildman–Crippen MR) is 79.7 cm³/mol. The number of fused-ring (bicyclic) bond motifs is 3. The lowest BCUT2D eigenvalue weighted by molar-refractivity contribution is 0.909. The fourth-order valence-electron chi connectivity index (χ4n) is 2.79. The van der Waals surface area contributed by atoms with Crippen molar-refractivity contribution in [3.05, 3.63) is 65.3 Å². The molecule has 0 fully saturated rings. The number of allylic oxidation sites excluding steroid dienone is 2. The minimum atomic E-state index is 1.05. The van der Waals surface area contributed by atoms with Gasteiger partial charge in [0.05, 0.1) is 0 Å². The van der Waals surface area contributed by atoms with E-state index in [0.717, 1.165) is 12.8 Å². The lowest BCUT2D eigenvalue weighted by atomic mass is 10.00. The van der Waals surface area contributed by atoms with E-state index < -0.39 is 0 Å². The Morgan fingerprint density at radius 1 is 1.17 bits per heavy atom. The highest BCUT2D eigenvalue weighted by atomic mass is 14.2. The quantitative estimate of drug-likeness (QED) is 0.690. The molecule has 2 aromatic carbocycles. The molecule has 0 aliphatic heterocycles. The van der Waals surface area contributed by atoms with Crippen molar-refractivity contribution >= 4 is 16.8 Å². The molecule has 2 aromatic rings. The van der Waals surface area contributed by atoms with Crippen molar-refractivity contribution in [2.24, 2.45) is 0 Å². The smallest absolute Gasteiger partial charge is 0.00169 e. The molecule has 3 rings (SSSR count). The fourth-order valence-corrected chi connectivity index (χ4v) is 2.79. The summed E-state index contributed by atoms with van der Waals surface area (Å²) in [5.41, 5.74) is 5.57. The van der Waals surface area contributed by atoms with Crippen molar-refractivity contribution in [1.82, 2.24) is 0 Å². The number of benzene rings is 2. The van der Waals surface area contributed by atoms with Gasteiger partial charge in [-0.2, -0.15) is 0 Å². The second-order valence-electron chi connectivity index (χ2n) is 5.06. The van der Waals surface area contributed by atoms with Gasteiger partial charge in [-0.25, -0.2) is 0 Å². The van der Waals surface area contributed by atoms with Gasteiger partial charge in [0.2, 0.25) is 0 Å². The maximum Gasteiger partial charge on any atom is -0.00169 e. The molecule has 18 heavy (non-hydrogen) atoms. The van der Waals surface area contributed by atoms with Crippen LogP contribution in [0, 0.1) is 0 Å². The van der Waals surface area contributed by atoms with Crippen LogP contribution in [0.25, 0.3) is 16.8 Å². The third-order valence-corrected chi connectivity index (χ3v) is 3.77. The van der Waals surface area contributed by atoms with Gasteiger partial charge in [-0.1, -0.05) is 68.0 Å². The SMILES string of the molecule is C=C(CCC)C1=Cc2c(ccc3ccccc23)C1. The standard InChI is InChI=1S/C18H18/c1-3-6-13(2)16-11-15-10-9-14-7-4-5-8-17(14)18(15)12-16/h4-5,7-10,12H,2-3,6,11H2,1H3. The van der Waals surface area contributed by atoms with E-state index in [1.807, 2.05) is 0 Å². The van der Waals surface area contributed by atoms with Gasteiger partial charge in [0, 0.05) is 0 Å². The molecule has 0 nitrogen and oxygen atoms in total. The van der Waals surface area contributed by atoms with Gasteiger partial charge in [-0.15, -0.1) is 0 Å². The molecule has 0 saturated heterocycles. The molecule has 1 aliphatic rings. The molecule has 0 heterocycles. The van der Waals surface area contributed by atoms with E-state index in [9.17, 15) is 0 Å². The van der Waals surface area contributed by atoms with E-state index in [0.29, 0.717) is 0 Å². The highest BCUT2D eigenvalue weighted by Gasteiger charge is 2.16. The van der Waals surface area contributed by atoms with Crippen LogP contribution < -0.4 is 0 Å². The highest BCUT2D eigenvalue weighted by Crippen LogP contribution is 2.34. The predicted octanol–water partition coefficient (Wildman–Crippen LogP) is 5.14. The largest absolute Gasteiger partial charge is 0.0955 e. The van der Waals surface area contributed by atoms with Gasteiger partial charge in [0.15, 0.2) is 0 Å². The molecule has 0 spiro atoms. The Morgan fingerprint density at radius 2 is 2.00 bits per heavy atom. The molecule has 0 saturated carbocycles. The molecule has 90 valence electrons. The van der Waals surface area contributed by atoms with Crippen LogP contribution in [-0.4, -0.2) is 0 Å². The minimum Gasteiger partial charge on any atom is -0.0955 e. The summed E-state index contributed by atoms with van der Waals surface area (Å²) in [5, 5.41) is 2.70. The summed E-state index contributed by atoms with van der Waals surface area (Å²) in [4.78, 5) is 0. The van der Waals surface area contributed by atoms with E-state index in [-0.39, 0.29) is 0 Å². The Labute approximate surface area is 109 Å². The summed E-state index contributed by atoms with van der Waals surface area (Å²) in [6.07, 6.45) is 5.68. The number of rotatable bonds is 3. The monoisotopic (exact) mass is 234 g/mol. The third kappa shape index (κ3) is 1.78. The van der Waals surface area contributed by atoms with Crippen molar-refractivity contribution in [3.63, 3.8) is 0 Å². The number of hydrogen-bond acceptors (Lipinski definition) is 0. The molecule has 0 N–H and O–H groups in total. The molecule has 0 unspecified atom stereocenters. The molecule has 0 heteroatoms. The van der Waals surface area contributed by atoms with Gasteiger partial charge in [0.25, 0.3) is 0 Å². The zero-order valence-electron chi connectivity index (χ0n) is 10.9. The highest BCUT2D eigenvalue weighted by molar-refractivity contribution is 5.94. The van der Waals surface area contributed by atoms with Crippen molar-refractivity contribution in [2.75, 3.05) is 0 Å². The van der Waals surface area contributed by atoms with Gasteiger partial charge in [-0.05, 0) is 40.3 Å². The van der Waals surface area contributed by atoms with Crippen molar-refractivity contribution in [2.45, 2.75) is 26.2 Å². The maximum atomic E-state index is 4.22. The Bertz CT molecular complexity index is 644. The second-order valence-corrected chi connectivity index (χ2v) is 5.06. The van der Waals surface area contributed by atoms with E-state index in [1.54, 1.807) is 0 Å². The lowest BCUT2D eigenvalue weighted by Crippen LogP contribution is -1.88. The third-order valence-electron chi connectivity index (χ3n) is 3.77. The van der Waals surface area contributed by atoms with Gasteiger partial charge in [0.1, 0.15) is 0 Å². The first-order valence-corrected chi connectivity index (χ1v) is 6.69. The van der Waals surface area contributed by atoms with Gasteiger partial charge < -0.3 is 0 Å². The first-order valence-electron chi connectivity index (χ1n) is 6.69. The summed E-state index contributed by atoms with van der Waals surface area (Å²) in [7, 11) is 0. The summed E-state index contributed by atoms with van der Waals surface area (Å²) in [6.45, 7) is 6.43. The zero-order valence-corrected chi connectivity index (χ0v) is 10.9. The fraction of sp³-hybridized carbons (Fsp3) is 0.222. The van der Waals surface area contributed by atoms with Crippen LogP contribution in [0.2, 0.25) is 0 Å². The van der Waals surface area contributed by atoms with Crippen LogP contribution >= 0.6 is 0 Å². The van der Waals surface area contributed by atoms with Gasteiger partial charge >= 0.3 is 0 Å². The Hall–Kier alpha value is -1.82. The molecule has 0 amide bonds. The van der Waals surface area contributed by atoms with Crippen LogP contribution in [0.3, 0.4) is 0 Å². The normalized spacial score (nSPS) is 13.5. The molecule has 0 bridgehead atoms. The summed E-state index contributed by atoms with van der Waals surface area (Å²) < 4.78 is 0. The average Bonchev–Trinajstić information content (AvgIpc) is 2.83. The topological polar surface area (TPSA) is 0 Å². The van der Waals surface area contributed by atoms with Crippen LogP contribution in [0.5, 0.6) is 0 Å². The molecular weight excluding hydrogens is 216 g/mol. The van der Waals surface area contributed by atoms with Crippen LogP contribution in [0.15, 0.2) is 54.1 Å². The molecular formula is C18H18. The minimum absolute atomic E-state index is 1.05. The van der Waals surface area contributed by atoms with E-state index in [1.165, 1.54) is 39.5 Å². The average molecular weight is 234 g/mol. The van der Waals surface area contributed by atoms with Gasteiger partial charge in [-0.3, -0.25) is 0 Å². The Morgan fingerprint density at radius 3 is 2.83 bits per heavy atom. The first-order chi connectivity index (χ1) is 8.79. The maximum absolute atomic E-state index is 4.22. The van der Waals surface area contributed by atoms with E-state index in [4.69, 9.17) is 0 Å². The van der Waals surface area contributed by atoms with Crippen molar-refractivity contribution < 1.29 is 0 Å². The zero-order chi connectivity index (χ0) is 12.5. The summed E-state index contributed by atoms with van der Waals surface area (Å²) in [6, 6.07) is 13.1. The molecule has 1 aliphatic carbocycles. The van der Waals surface area contributed by atoms with Crippen LogP contribution in [0.4, 0.5) is 0 Å². The lowest BCUT2D eigenvalue weighted by Gasteiger charge is -2.04. The Kier molecular flexibility index (Phi) is 2.79. The summed E-state index contributed by atoms with van der Waals surface area (Å²) in [5.74, 6) is 0. The first kappa shape index (κ1) is 11.3. The Balaban J connectivity index is 2.08.